The minimum atomic E-state index is -1.09. The van der Waals surface area contributed by atoms with Gasteiger partial charge in [-0.15, -0.1) is 10.2 Å². The highest BCUT2D eigenvalue weighted by Gasteiger charge is 2.13. The highest BCUT2D eigenvalue weighted by Crippen LogP contribution is 2.24. The third-order valence-corrected chi connectivity index (χ3v) is 7.46. The van der Waals surface area contributed by atoms with Crippen LogP contribution in [-0.4, -0.2) is 49.3 Å². The molecule has 4 aromatic heterocycles. The number of fused-ring (bicyclic) bond motifs is 2. The van der Waals surface area contributed by atoms with Gasteiger partial charge in [-0.25, -0.2) is 4.68 Å². The lowest BCUT2D eigenvalue weighted by Crippen LogP contribution is -2.22. The van der Waals surface area contributed by atoms with Crippen LogP contribution in [0.3, 0.4) is 0 Å². The average Bonchev–Trinajstić information content (AvgIpc) is 3.43. The second-order valence-corrected chi connectivity index (χ2v) is 15.5. The zero-order valence-corrected chi connectivity index (χ0v) is 21.1. The van der Waals surface area contributed by atoms with E-state index in [1.807, 2.05) is 52.9 Å². The van der Waals surface area contributed by atoms with Crippen molar-refractivity contribution in [2.45, 2.75) is 45.8 Å². The van der Waals surface area contributed by atoms with Gasteiger partial charge in [0.2, 0.25) is 0 Å². The van der Waals surface area contributed by atoms with Crippen LogP contribution in [0.15, 0.2) is 55.0 Å². The van der Waals surface area contributed by atoms with Gasteiger partial charge in [0, 0.05) is 50.0 Å². The summed E-state index contributed by atoms with van der Waals surface area (Å²) in [5.41, 5.74) is 5.83. The summed E-state index contributed by atoms with van der Waals surface area (Å²) < 4.78 is 9.47. The lowest BCUT2D eigenvalue weighted by molar-refractivity contribution is 0.0786. The van der Waals surface area contributed by atoms with Crippen molar-refractivity contribution >= 4 is 24.6 Å². The molecule has 0 unspecified atom stereocenters. The number of ether oxygens (including phenoxy) is 1. The Morgan fingerprint density at radius 2 is 1.85 bits per heavy atom. The molecule has 0 aliphatic heterocycles. The summed E-state index contributed by atoms with van der Waals surface area (Å²) in [5, 5.41) is 18.7. The van der Waals surface area contributed by atoms with Crippen molar-refractivity contribution < 1.29 is 4.74 Å². The molecule has 174 valence electrons. The average molecular weight is 472 g/mol. The van der Waals surface area contributed by atoms with Crippen LogP contribution in [0.25, 0.3) is 27.7 Å². The van der Waals surface area contributed by atoms with Gasteiger partial charge in [-0.1, -0.05) is 25.7 Å². The molecule has 5 aromatic rings. The van der Waals surface area contributed by atoms with Crippen molar-refractivity contribution in [2.75, 3.05) is 6.61 Å². The number of hydrogen-bond acceptors (Lipinski definition) is 6. The van der Waals surface area contributed by atoms with Crippen LogP contribution in [0.4, 0.5) is 0 Å². The molecule has 0 aliphatic carbocycles. The predicted octanol–water partition coefficient (Wildman–Crippen LogP) is 4.75. The Morgan fingerprint density at radius 1 is 0.971 bits per heavy atom. The number of rotatable bonds is 8. The van der Waals surface area contributed by atoms with Crippen LogP contribution in [0, 0.1) is 6.92 Å². The number of aromatic nitrogens is 7. The van der Waals surface area contributed by atoms with Crippen LogP contribution in [0.2, 0.25) is 25.7 Å². The monoisotopic (exact) mass is 471 g/mol. The molecule has 34 heavy (non-hydrogen) atoms. The summed E-state index contributed by atoms with van der Waals surface area (Å²) in [4.78, 5) is 4.66. The fourth-order valence-electron chi connectivity index (χ4n) is 3.79. The molecule has 0 spiro atoms. The minimum Gasteiger partial charge on any atom is -0.360 e. The Balaban J connectivity index is 1.33. The molecular weight excluding hydrogens is 442 g/mol. The fourth-order valence-corrected chi connectivity index (χ4v) is 4.54. The van der Waals surface area contributed by atoms with Crippen molar-refractivity contribution in [3.63, 3.8) is 0 Å². The van der Waals surface area contributed by atoms with Crippen molar-refractivity contribution in [1.29, 1.82) is 0 Å². The van der Waals surface area contributed by atoms with Gasteiger partial charge in [0.15, 0.2) is 11.5 Å². The molecule has 5 rings (SSSR count). The van der Waals surface area contributed by atoms with Crippen LogP contribution >= 0.6 is 0 Å². The zero-order valence-electron chi connectivity index (χ0n) is 20.1. The van der Waals surface area contributed by atoms with E-state index in [1.54, 1.807) is 0 Å². The van der Waals surface area contributed by atoms with E-state index in [0.29, 0.717) is 13.2 Å². The maximum atomic E-state index is 5.82. The summed E-state index contributed by atoms with van der Waals surface area (Å²) in [6.45, 7) is 10.3. The van der Waals surface area contributed by atoms with Crippen molar-refractivity contribution in [3.8, 4) is 11.1 Å². The normalized spacial score (nSPS) is 12.1. The van der Waals surface area contributed by atoms with Crippen LogP contribution in [0.1, 0.15) is 17.1 Å². The minimum absolute atomic E-state index is 0.468. The van der Waals surface area contributed by atoms with E-state index in [4.69, 9.17) is 4.74 Å². The number of hydrogen-bond donors (Lipinski definition) is 0. The van der Waals surface area contributed by atoms with Gasteiger partial charge in [-0.3, -0.25) is 4.98 Å². The molecule has 0 saturated heterocycles. The SMILES string of the molecule is Cc1ccc2nnc(Cc3ccc4ncc(-c5cnn(COCC[Si](C)(C)C)c5)cc4c3)n2n1. The molecule has 0 fully saturated rings. The quantitative estimate of drug-likeness (QED) is 0.240. The molecule has 0 bridgehead atoms. The zero-order chi connectivity index (χ0) is 23.7. The standard InChI is InChI=1S/C25H29N7OSi/c1-18-5-8-24-28-29-25(32(24)30-18)12-19-6-7-23-20(11-19)13-21(14-26-23)22-15-27-31(16-22)17-33-9-10-34(2,3)4/h5-8,11,13-16H,9-10,12,17H2,1-4H3. The first-order valence-corrected chi connectivity index (χ1v) is 15.2. The van der Waals surface area contributed by atoms with Gasteiger partial charge >= 0.3 is 0 Å². The molecule has 0 saturated carbocycles. The number of benzene rings is 1. The van der Waals surface area contributed by atoms with Gasteiger partial charge in [-0.2, -0.15) is 14.7 Å². The Bertz CT molecular complexity index is 1450. The largest absolute Gasteiger partial charge is 0.360 e. The lowest BCUT2D eigenvalue weighted by Gasteiger charge is -2.15. The highest BCUT2D eigenvalue weighted by molar-refractivity contribution is 6.76. The summed E-state index contributed by atoms with van der Waals surface area (Å²) in [6.07, 6.45) is 6.42. The molecular formula is C25H29N7OSi. The Kier molecular flexibility index (Phi) is 5.97. The maximum Gasteiger partial charge on any atom is 0.177 e. The van der Waals surface area contributed by atoms with E-state index >= 15 is 0 Å². The Labute approximate surface area is 199 Å². The van der Waals surface area contributed by atoms with E-state index in [0.717, 1.165) is 57.4 Å². The molecule has 0 amide bonds. The highest BCUT2D eigenvalue weighted by atomic mass is 28.3. The smallest absolute Gasteiger partial charge is 0.177 e. The molecule has 0 aliphatic rings. The maximum absolute atomic E-state index is 5.82. The van der Waals surface area contributed by atoms with Gasteiger partial charge in [0.05, 0.1) is 17.4 Å². The van der Waals surface area contributed by atoms with Crippen LogP contribution in [-0.2, 0) is 17.9 Å². The van der Waals surface area contributed by atoms with E-state index in [9.17, 15) is 0 Å². The lowest BCUT2D eigenvalue weighted by atomic mass is 10.0. The summed E-state index contributed by atoms with van der Waals surface area (Å²) in [7, 11) is -1.09. The van der Waals surface area contributed by atoms with Gasteiger partial charge in [0.25, 0.3) is 0 Å². The second-order valence-electron chi connectivity index (χ2n) is 9.91. The Morgan fingerprint density at radius 3 is 2.71 bits per heavy atom. The third kappa shape index (κ3) is 5.05. The van der Waals surface area contributed by atoms with Gasteiger partial charge in [0.1, 0.15) is 6.73 Å². The van der Waals surface area contributed by atoms with Crippen molar-refractivity contribution in [2.24, 2.45) is 0 Å². The Hall–Kier alpha value is -3.43. The first-order valence-electron chi connectivity index (χ1n) is 11.5. The van der Waals surface area contributed by atoms with Crippen molar-refractivity contribution in [1.82, 2.24) is 34.6 Å². The van der Waals surface area contributed by atoms with E-state index in [2.05, 4.69) is 63.2 Å². The van der Waals surface area contributed by atoms with Crippen LogP contribution < -0.4 is 0 Å². The van der Waals surface area contributed by atoms with E-state index < -0.39 is 8.07 Å². The first-order chi connectivity index (χ1) is 16.3. The van der Waals surface area contributed by atoms with Gasteiger partial charge in [-0.05, 0) is 48.9 Å². The molecule has 9 heteroatoms. The number of pyridine rings is 1. The summed E-state index contributed by atoms with van der Waals surface area (Å²) in [5.74, 6) is 0.817. The van der Waals surface area contributed by atoms with Crippen LogP contribution in [0.5, 0.6) is 0 Å². The number of aryl methyl sites for hydroxylation is 1. The molecule has 0 N–H and O–H groups in total. The second kappa shape index (κ2) is 9.07. The summed E-state index contributed by atoms with van der Waals surface area (Å²) >= 11 is 0. The number of nitrogens with zero attached hydrogens (tertiary/aromatic N) is 7. The molecule has 4 heterocycles. The topological polar surface area (TPSA) is 83.0 Å². The first kappa shape index (κ1) is 22.4. The van der Waals surface area contributed by atoms with Gasteiger partial charge < -0.3 is 4.74 Å². The third-order valence-electron chi connectivity index (χ3n) is 5.76. The molecule has 0 atom stereocenters. The summed E-state index contributed by atoms with van der Waals surface area (Å²) in [6, 6.07) is 13.5. The predicted molar refractivity (Wildman–Crippen MR) is 135 cm³/mol. The molecule has 8 nitrogen and oxygen atoms in total. The molecule has 0 radical (unpaired) electrons. The molecule has 1 aromatic carbocycles. The fraction of sp³-hybridized carbons (Fsp3) is 0.320. The van der Waals surface area contributed by atoms with E-state index in [-0.39, 0.29) is 0 Å². The van der Waals surface area contributed by atoms with Crippen molar-refractivity contribution in [3.05, 3.63) is 72.1 Å². The van der Waals surface area contributed by atoms with E-state index in [1.165, 1.54) is 0 Å².